The number of aromatic nitrogens is 4. The van der Waals surface area contributed by atoms with E-state index >= 15 is 4.39 Å². The molecule has 18 heteroatoms. The normalized spacial score (nSPS) is 15.8. The number of nitrogens with zero attached hydrogens (tertiary/aromatic N) is 5. The van der Waals surface area contributed by atoms with Crippen molar-refractivity contribution in [1.29, 1.82) is 0 Å². The summed E-state index contributed by atoms with van der Waals surface area (Å²) in [5, 5.41) is 3.54. The number of hydrogen-bond acceptors (Lipinski definition) is 11. The molecule has 0 saturated carbocycles. The van der Waals surface area contributed by atoms with E-state index in [-0.39, 0.29) is 55.1 Å². The minimum Gasteiger partial charge on any atom is -0.435 e. The fourth-order valence-electron chi connectivity index (χ4n) is 6.69. The van der Waals surface area contributed by atoms with Gasteiger partial charge in [-0.2, -0.15) is 13.2 Å². The van der Waals surface area contributed by atoms with Gasteiger partial charge in [0.15, 0.2) is 0 Å². The van der Waals surface area contributed by atoms with Gasteiger partial charge in [0.05, 0.1) is 66.3 Å². The Morgan fingerprint density at radius 2 is 1.89 bits per heavy atom. The number of fused-ring (bicyclic) bond motifs is 2. The van der Waals surface area contributed by atoms with Gasteiger partial charge in [0.1, 0.15) is 11.9 Å². The number of pyridine rings is 2. The number of halogens is 4. The van der Waals surface area contributed by atoms with Gasteiger partial charge in [-0.25, -0.2) is 18.5 Å². The highest BCUT2D eigenvalue weighted by atomic mass is 19.4. The van der Waals surface area contributed by atoms with Crippen LogP contribution in [-0.4, -0.2) is 88.7 Å². The highest BCUT2D eigenvalue weighted by Crippen LogP contribution is 2.33. The van der Waals surface area contributed by atoms with Gasteiger partial charge in [-0.05, 0) is 68.7 Å². The first-order valence-corrected chi connectivity index (χ1v) is 17.6. The Bertz CT molecular complexity index is 2380. The van der Waals surface area contributed by atoms with Crippen molar-refractivity contribution in [2.24, 2.45) is 7.05 Å². The molecule has 1 aliphatic heterocycles. The van der Waals surface area contributed by atoms with E-state index in [9.17, 15) is 32.3 Å². The number of benzene rings is 2. The van der Waals surface area contributed by atoms with Gasteiger partial charge in [-0.3, -0.25) is 24.1 Å². The number of carbonyl (C=O) groups excluding carboxylic acids is 2. The van der Waals surface area contributed by atoms with E-state index in [1.165, 1.54) is 56.2 Å². The minimum absolute atomic E-state index is 0.00795. The number of amides is 1. The Kier molecular flexibility index (Phi) is 11.7. The van der Waals surface area contributed by atoms with Crippen LogP contribution < -0.4 is 21.5 Å². The molecule has 1 unspecified atom stereocenters. The molecule has 5 aromatic rings. The summed E-state index contributed by atoms with van der Waals surface area (Å²) in [5.74, 6) is -1.92. The standard InChI is InChI=1S/C38H38F4N6O8/c1-5-54-37(52)56-22(3)55-19-24(45-34(49)32-21(2)15-25(17-28(32)39)47-13-14-53-20-31(47)38(40,41)42)16-23-8-9-29(33-26(23)7-6-11-44-33)48-35(50)27-10-12-43-18-30(27)46(4)36(48)51/h6-12,15,17-18,22,24,31H,5,13-14,16,19-20H2,1-4H3,(H,45,49)/t22?,24-,31+/m0/s1. The zero-order valence-corrected chi connectivity index (χ0v) is 30.8. The van der Waals surface area contributed by atoms with Crippen molar-refractivity contribution in [3.63, 3.8) is 0 Å². The minimum atomic E-state index is -4.64. The van der Waals surface area contributed by atoms with Gasteiger partial charge >= 0.3 is 18.0 Å². The molecule has 0 aliphatic carbocycles. The number of alkyl halides is 3. The van der Waals surface area contributed by atoms with Gasteiger partial charge in [0.2, 0.25) is 6.29 Å². The van der Waals surface area contributed by atoms with Gasteiger partial charge in [-0.1, -0.05) is 12.1 Å². The van der Waals surface area contributed by atoms with E-state index < -0.39 is 65.8 Å². The number of nitrogens with one attached hydrogen (secondary N) is 1. The third-order valence-electron chi connectivity index (χ3n) is 9.35. The Labute approximate surface area is 316 Å². The molecule has 2 aromatic carbocycles. The molecule has 1 amide bonds. The van der Waals surface area contributed by atoms with Crippen LogP contribution in [0.15, 0.2) is 70.6 Å². The van der Waals surface area contributed by atoms with Crippen LogP contribution in [0.3, 0.4) is 0 Å². The van der Waals surface area contributed by atoms with Crippen LogP contribution in [0.25, 0.3) is 27.5 Å². The summed E-state index contributed by atoms with van der Waals surface area (Å²) < 4.78 is 80.2. The summed E-state index contributed by atoms with van der Waals surface area (Å²) >= 11 is 0. The number of ether oxygens (including phenoxy) is 4. The molecule has 0 bridgehead atoms. The smallest absolute Gasteiger partial charge is 0.435 e. The van der Waals surface area contributed by atoms with Crippen LogP contribution in [0, 0.1) is 12.7 Å². The molecule has 1 fully saturated rings. The van der Waals surface area contributed by atoms with Crippen LogP contribution in [0.4, 0.5) is 28.0 Å². The molecule has 1 N–H and O–H groups in total. The summed E-state index contributed by atoms with van der Waals surface area (Å²) in [6, 6.07) is 7.37. The van der Waals surface area contributed by atoms with Crippen molar-refractivity contribution in [2.45, 2.75) is 51.7 Å². The summed E-state index contributed by atoms with van der Waals surface area (Å²) in [6.45, 7) is 3.49. The van der Waals surface area contributed by atoms with E-state index in [0.29, 0.717) is 22.0 Å². The number of aryl methyl sites for hydroxylation is 2. The molecule has 0 spiro atoms. The second-order valence-electron chi connectivity index (χ2n) is 13.0. The van der Waals surface area contributed by atoms with Gasteiger partial charge < -0.3 is 29.2 Å². The molecule has 0 radical (unpaired) electrons. The molecule has 296 valence electrons. The lowest BCUT2D eigenvalue weighted by Crippen LogP contribution is -2.53. The molecule has 4 heterocycles. The number of carbonyl (C=O) groups is 2. The average Bonchev–Trinajstić information content (AvgIpc) is 3.16. The largest absolute Gasteiger partial charge is 0.510 e. The van der Waals surface area contributed by atoms with Crippen molar-refractivity contribution in [3.05, 3.63) is 104 Å². The number of rotatable bonds is 11. The van der Waals surface area contributed by atoms with Crippen molar-refractivity contribution >= 4 is 39.6 Å². The maximum absolute atomic E-state index is 15.8. The Hall–Kier alpha value is -5.88. The zero-order chi connectivity index (χ0) is 40.3. The molecule has 1 saturated heterocycles. The maximum Gasteiger partial charge on any atom is 0.510 e. The molecular formula is C38H38F4N6O8. The molecule has 6 rings (SSSR count). The van der Waals surface area contributed by atoms with Crippen LogP contribution in [0.1, 0.15) is 35.3 Å². The summed E-state index contributed by atoms with van der Waals surface area (Å²) in [4.78, 5) is 62.4. The van der Waals surface area contributed by atoms with Crippen LogP contribution in [-0.2, 0) is 32.4 Å². The Morgan fingerprint density at radius 1 is 1.11 bits per heavy atom. The predicted molar refractivity (Wildman–Crippen MR) is 196 cm³/mol. The van der Waals surface area contributed by atoms with Gasteiger partial charge in [-0.15, -0.1) is 0 Å². The third-order valence-corrected chi connectivity index (χ3v) is 9.35. The first kappa shape index (κ1) is 39.8. The first-order valence-electron chi connectivity index (χ1n) is 17.6. The average molecular weight is 783 g/mol. The number of anilines is 1. The van der Waals surface area contributed by atoms with Crippen molar-refractivity contribution in [1.82, 2.24) is 24.4 Å². The van der Waals surface area contributed by atoms with Crippen LogP contribution in [0.2, 0.25) is 0 Å². The second kappa shape index (κ2) is 16.5. The van der Waals surface area contributed by atoms with Crippen LogP contribution in [0.5, 0.6) is 0 Å². The van der Waals surface area contributed by atoms with Gasteiger partial charge in [0, 0.05) is 37.1 Å². The lowest BCUT2D eigenvalue weighted by molar-refractivity contribution is -0.167. The maximum atomic E-state index is 15.8. The fraction of sp³-hybridized carbons (Fsp3) is 0.368. The van der Waals surface area contributed by atoms with E-state index in [0.717, 1.165) is 15.5 Å². The highest BCUT2D eigenvalue weighted by Gasteiger charge is 2.45. The predicted octanol–water partition coefficient (Wildman–Crippen LogP) is 4.72. The second-order valence-corrected chi connectivity index (χ2v) is 13.0. The van der Waals surface area contributed by atoms with Gasteiger partial charge in [0.25, 0.3) is 11.5 Å². The molecule has 56 heavy (non-hydrogen) atoms. The number of morpholine rings is 1. The summed E-state index contributed by atoms with van der Waals surface area (Å²) in [5.41, 5.74) is -0.148. The van der Waals surface area contributed by atoms with Crippen LogP contribution >= 0.6 is 0 Å². The Morgan fingerprint density at radius 3 is 2.62 bits per heavy atom. The van der Waals surface area contributed by atoms with E-state index in [2.05, 4.69) is 15.3 Å². The first-order chi connectivity index (χ1) is 26.7. The summed E-state index contributed by atoms with van der Waals surface area (Å²) in [7, 11) is 1.52. The van der Waals surface area contributed by atoms with E-state index in [1.807, 2.05) is 0 Å². The monoisotopic (exact) mass is 782 g/mol. The van der Waals surface area contributed by atoms with E-state index in [4.69, 9.17) is 18.9 Å². The molecule has 3 atom stereocenters. The quantitative estimate of drug-likeness (QED) is 0.112. The fourth-order valence-corrected chi connectivity index (χ4v) is 6.69. The third kappa shape index (κ3) is 8.20. The number of hydrogen-bond donors (Lipinski definition) is 1. The van der Waals surface area contributed by atoms with E-state index in [1.54, 1.807) is 31.2 Å². The summed E-state index contributed by atoms with van der Waals surface area (Å²) in [6.07, 6.45) is -2.36. The lowest BCUT2D eigenvalue weighted by Gasteiger charge is -2.38. The SMILES string of the molecule is CCOC(=O)OC(C)OC[C@H](Cc1ccc(-n2c(=O)c3ccncc3n(C)c2=O)c2ncccc12)NC(=O)c1c(C)cc(N2CCOC[C@@H]2C(F)(F)F)cc1F. The molecular weight excluding hydrogens is 744 g/mol. The lowest BCUT2D eigenvalue weighted by atomic mass is 9.99. The molecule has 1 aliphatic rings. The molecule has 3 aromatic heterocycles. The van der Waals surface area contributed by atoms with Crippen molar-refractivity contribution in [3.8, 4) is 5.69 Å². The molecule has 14 nitrogen and oxygen atoms in total. The highest BCUT2D eigenvalue weighted by molar-refractivity contribution is 5.97. The Balaban J connectivity index is 1.34. The topological polar surface area (TPSA) is 156 Å². The van der Waals surface area contributed by atoms with Crippen molar-refractivity contribution < 1.29 is 46.1 Å². The van der Waals surface area contributed by atoms with Crippen molar-refractivity contribution in [2.75, 3.05) is 37.9 Å². The zero-order valence-electron chi connectivity index (χ0n) is 30.8.